The minimum atomic E-state index is -0.441. The fraction of sp³-hybridized carbons (Fsp3) is 0.533. The number of hydrogen-bond donors (Lipinski definition) is 2. The Morgan fingerprint density at radius 2 is 1.84 bits per heavy atom. The average molecular weight is 327 g/mol. The molecular weight excluding hydrogens is 304 g/mol. The molecule has 3 N–H and O–H groups in total. The Bertz CT molecular complexity index is 404. The summed E-state index contributed by atoms with van der Waals surface area (Å²) >= 11 is 3.41. The molecular formula is C15H23BrN2O. The maximum atomic E-state index is 12.4. The lowest BCUT2D eigenvalue weighted by Crippen LogP contribution is -2.46. The second-order valence-electron chi connectivity index (χ2n) is 4.94. The third-order valence-electron chi connectivity index (χ3n) is 3.94. The van der Waals surface area contributed by atoms with Gasteiger partial charge in [0.15, 0.2) is 0 Å². The summed E-state index contributed by atoms with van der Waals surface area (Å²) in [5, 5.41) is 3.08. The lowest BCUT2D eigenvalue weighted by atomic mass is 9.81. The SMILES string of the molecule is CCC(CC)(CN)C(=O)N[C@@H](C)c1ccc(Br)cc1. The van der Waals surface area contributed by atoms with Crippen LogP contribution in [0.1, 0.15) is 45.2 Å². The van der Waals surface area contributed by atoms with Crippen LogP contribution in [-0.2, 0) is 4.79 Å². The quantitative estimate of drug-likeness (QED) is 0.841. The summed E-state index contributed by atoms with van der Waals surface area (Å²) in [6.07, 6.45) is 1.53. The van der Waals surface area contributed by atoms with E-state index in [1.807, 2.05) is 45.0 Å². The molecule has 3 nitrogen and oxygen atoms in total. The first-order valence-electron chi connectivity index (χ1n) is 6.75. The highest BCUT2D eigenvalue weighted by Crippen LogP contribution is 2.26. The molecule has 0 aromatic heterocycles. The molecule has 0 unspecified atom stereocenters. The molecule has 0 fully saturated rings. The number of nitrogens with two attached hydrogens (primary N) is 1. The number of hydrogen-bond acceptors (Lipinski definition) is 2. The first-order valence-corrected chi connectivity index (χ1v) is 7.55. The molecule has 0 radical (unpaired) electrons. The van der Waals surface area contributed by atoms with Crippen molar-refractivity contribution in [2.45, 2.75) is 39.7 Å². The smallest absolute Gasteiger partial charge is 0.227 e. The number of nitrogens with one attached hydrogen (secondary N) is 1. The van der Waals surface area contributed by atoms with Crippen molar-refractivity contribution in [3.63, 3.8) is 0 Å². The first kappa shape index (κ1) is 16.2. The van der Waals surface area contributed by atoms with E-state index in [-0.39, 0.29) is 11.9 Å². The Morgan fingerprint density at radius 3 is 2.26 bits per heavy atom. The third kappa shape index (κ3) is 3.80. The Balaban J connectivity index is 2.78. The van der Waals surface area contributed by atoms with Gasteiger partial charge in [-0.3, -0.25) is 4.79 Å². The molecule has 4 heteroatoms. The largest absolute Gasteiger partial charge is 0.349 e. The average Bonchev–Trinajstić information content (AvgIpc) is 2.42. The Kier molecular flexibility index (Phi) is 6.01. The molecule has 1 aromatic rings. The molecule has 0 saturated carbocycles. The molecule has 19 heavy (non-hydrogen) atoms. The monoisotopic (exact) mass is 326 g/mol. The van der Waals surface area contributed by atoms with Crippen LogP contribution in [0.4, 0.5) is 0 Å². The van der Waals surface area contributed by atoms with Gasteiger partial charge in [-0.25, -0.2) is 0 Å². The van der Waals surface area contributed by atoms with E-state index in [2.05, 4.69) is 21.2 Å². The van der Waals surface area contributed by atoms with Crippen molar-refractivity contribution in [3.8, 4) is 0 Å². The van der Waals surface area contributed by atoms with Gasteiger partial charge in [-0.2, -0.15) is 0 Å². The van der Waals surface area contributed by atoms with Crippen molar-refractivity contribution in [1.29, 1.82) is 0 Å². The molecule has 1 aromatic carbocycles. The first-order chi connectivity index (χ1) is 8.99. The number of carbonyl (C=O) groups excluding carboxylic acids is 1. The standard InChI is InChI=1S/C15H23BrN2O/c1-4-15(5-2,10-17)14(19)18-11(3)12-6-8-13(16)9-7-12/h6-9,11H,4-5,10,17H2,1-3H3,(H,18,19)/t11-/m0/s1. The Hall–Kier alpha value is -0.870. The van der Waals surface area contributed by atoms with Crippen LogP contribution in [0.15, 0.2) is 28.7 Å². The summed E-state index contributed by atoms with van der Waals surface area (Å²) in [4.78, 5) is 12.4. The van der Waals surface area contributed by atoms with Crippen molar-refractivity contribution in [2.75, 3.05) is 6.54 Å². The normalized spacial score (nSPS) is 13.1. The van der Waals surface area contributed by atoms with Crippen molar-refractivity contribution >= 4 is 21.8 Å². The van der Waals surface area contributed by atoms with Crippen LogP contribution in [0.5, 0.6) is 0 Å². The van der Waals surface area contributed by atoms with E-state index in [0.29, 0.717) is 6.54 Å². The van der Waals surface area contributed by atoms with Gasteiger partial charge in [-0.05, 0) is 37.5 Å². The van der Waals surface area contributed by atoms with Crippen LogP contribution in [0.3, 0.4) is 0 Å². The minimum absolute atomic E-state index is 0.00961. The van der Waals surface area contributed by atoms with Gasteiger partial charge >= 0.3 is 0 Å². The zero-order valence-electron chi connectivity index (χ0n) is 11.9. The van der Waals surface area contributed by atoms with Crippen molar-refractivity contribution in [1.82, 2.24) is 5.32 Å². The fourth-order valence-corrected chi connectivity index (χ4v) is 2.40. The summed E-state index contributed by atoms with van der Waals surface area (Å²) in [6.45, 7) is 6.41. The number of amides is 1. The summed E-state index contributed by atoms with van der Waals surface area (Å²) < 4.78 is 1.04. The van der Waals surface area contributed by atoms with Crippen molar-refractivity contribution < 1.29 is 4.79 Å². The van der Waals surface area contributed by atoms with Gasteiger partial charge in [0, 0.05) is 11.0 Å². The van der Waals surface area contributed by atoms with Crippen LogP contribution in [-0.4, -0.2) is 12.5 Å². The molecule has 0 spiro atoms. The number of rotatable bonds is 6. The molecule has 1 rings (SSSR count). The molecule has 0 heterocycles. The van der Waals surface area contributed by atoms with E-state index in [4.69, 9.17) is 5.73 Å². The Labute approximate surface area is 124 Å². The molecule has 0 bridgehead atoms. The van der Waals surface area contributed by atoms with Gasteiger partial charge in [-0.15, -0.1) is 0 Å². The number of benzene rings is 1. The van der Waals surface area contributed by atoms with E-state index in [1.165, 1.54) is 0 Å². The minimum Gasteiger partial charge on any atom is -0.349 e. The molecule has 106 valence electrons. The molecule has 1 amide bonds. The van der Waals surface area contributed by atoms with E-state index >= 15 is 0 Å². The third-order valence-corrected chi connectivity index (χ3v) is 4.47. The van der Waals surface area contributed by atoms with E-state index in [9.17, 15) is 4.79 Å². The van der Waals surface area contributed by atoms with E-state index in [0.717, 1.165) is 22.9 Å². The van der Waals surface area contributed by atoms with Crippen LogP contribution in [0.2, 0.25) is 0 Å². The van der Waals surface area contributed by atoms with Gasteiger partial charge in [0.2, 0.25) is 5.91 Å². The fourth-order valence-electron chi connectivity index (χ4n) is 2.14. The van der Waals surface area contributed by atoms with E-state index < -0.39 is 5.41 Å². The van der Waals surface area contributed by atoms with Gasteiger partial charge in [0.25, 0.3) is 0 Å². The second-order valence-corrected chi connectivity index (χ2v) is 5.85. The van der Waals surface area contributed by atoms with Gasteiger partial charge < -0.3 is 11.1 Å². The molecule has 0 aliphatic rings. The summed E-state index contributed by atoms with van der Waals surface area (Å²) in [6, 6.07) is 7.97. The lowest BCUT2D eigenvalue weighted by Gasteiger charge is -2.30. The van der Waals surface area contributed by atoms with Crippen molar-refractivity contribution in [3.05, 3.63) is 34.3 Å². The predicted octanol–water partition coefficient (Wildman–Crippen LogP) is 3.39. The predicted molar refractivity (Wildman–Crippen MR) is 82.8 cm³/mol. The van der Waals surface area contributed by atoms with E-state index in [1.54, 1.807) is 0 Å². The molecule has 0 aliphatic heterocycles. The zero-order valence-corrected chi connectivity index (χ0v) is 13.5. The maximum absolute atomic E-state index is 12.4. The highest BCUT2D eigenvalue weighted by Gasteiger charge is 2.33. The van der Waals surface area contributed by atoms with Crippen LogP contribution in [0.25, 0.3) is 0 Å². The maximum Gasteiger partial charge on any atom is 0.227 e. The number of halogens is 1. The topological polar surface area (TPSA) is 55.1 Å². The van der Waals surface area contributed by atoms with Gasteiger partial charge in [-0.1, -0.05) is 41.9 Å². The van der Waals surface area contributed by atoms with Crippen LogP contribution in [0, 0.1) is 5.41 Å². The van der Waals surface area contributed by atoms with Gasteiger partial charge in [0.1, 0.15) is 0 Å². The highest BCUT2D eigenvalue weighted by atomic mass is 79.9. The lowest BCUT2D eigenvalue weighted by molar-refractivity contribution is -0.131. The summed E-state index contributed by atoms with van der Waals surface area (Å²) in [5.74, 6) is 0.0513. The summed E-state index contributed by atoms with van der Waals surface area (Å²) in [5.41, 5.74) is 6.45. The molecule has 1 atom stereocenters. The van der Waals surface area contributed by atoms with Crippen molar-refractivity contribution in [2.24, 2.45) is 11.1 Å². The number of carbonyl (C=O) groups is 1. The molecule has 0 aliphatic carbocycles. The van der Waals surface area contributed by atoms with Crippen LogP contribution < -0.4 is 11.1 Å². The van der Waals surface area contributed by atoms with Crippen LogP contribution >= 0.6 is 15.9 Å². The molecule has 0 saturated heterocycles. The zero-order chi connectivity index (χ0) is 14.5. The summed E-state index contributed by atoms with van der Waals surface area (Å²) in [7, 11) is 0. The van der Waals surface area contributed by atoms with Gasteiger partial charge in [0.05, 0.1) is 11.5 Å². The Morgan fingerprint density at radius 1 is 1.32 bits per heavy atom. The second kappa shape index (κ2) is 7.06. The highest BCUT2D eigenvalue weighted by molar-refractivity contribution is 9.10.